The zero-order valence-corrected chi connectivity index (χ0v) is 19.2. The molecule has 6 bridgehead atoms. The fourth-order valence-electron chi connectivity index (χ4n) is 10.1. The lowest BCUT2D eigenvalue weighted by Gasteiger charge is -2.66. The van der Waals surface area contributed by atoms with Crippen LogP contribution in [-0.4, -0.2) is 53.1 Å². The molecule has 5 fully saturated rings. The van der Waals surface area contributed by atoms with Crippen molar-refractivity contribution in [1.29, 1.82) is 0 Å². The van der Waals surface area contributed by atoms with E-state index < -0.39 is 5.60 Å². The normalized spacial score (nSPS) is 47.4. The average Bonchev–Trinajstić information content (AvgIpc) is 3.25. The molecule has 7 atom stereocenters. The predicted octanol–water partition coefficient (Wildman–Crippen LogP) is 3.94. The summed E-state index contributed by atoms with van der Waals surface area (Å²) in [6, 6.07) is 4.84. The van der Waals surface area contributed by atoms with Crippen LogP contribution in [0.25, 0.3) is 0 Å². The Balaban J connectivity index is 1.67. The van der Waals surface area contributed by atoms with Crippen molar-refractivity contribution in [2.75, 3.05) is 20.7 Å². The lowest BCUT2D eigenvalue weighted by atomic mass is 9.43. The van der Waals surface area contributed by atoms with Crippen molar-refractivity contribution in [3.8, 4) is 5.75 Å². The molecule has 5 aliphatic carbocycles. The van der Waals surface area contributed by atoms with Crippen molar-refractivity contribution in [1.82, 2.24) is 4.90 Å². The second kappa shape index (κ2) is 5.44. The van der Waals surface area contributed by atoms with Crippen molar-refractivity contribution in [2.45, 2.75) is 88.4 Å². The molecule has 1 spiro atoms. The minimum absolute atomic E-state index is 0.0835. The van der Waals surface area contributed by atoms with Crippen LogP contribution >= 0.6 is 0 Å². The summed E-state index contributed by atoms with van der Waals surface area (Å²) in [5, 5.41) is 23.4. The molecule has 0 amide bonds. The summed E-state index contributed by atoms with van der Waals surface area (Å²) in [4.78, 5) is 2.59. The Kier molecular flexibility index (Phi) is 3.55. The Morgan fingerprint density at radius 2 is 2.03 bits per heavy atom. The molecule has 1 aromatic carbocycles. The number of ether oxygens (including phenoxy) is 1. The van der Waals surface area contributed by atoms with Crippen LogP contribution in [0.3, 0.4) is 0 Å². The third-order valence-corrected chi connectivity index (χ3v) is 11.0. The van der Waals surface area contributed by atoms with Gasteiger partial charge in [0.15, 0.2) is 0 Å². The first-order valence-corrected chi connectivity index (χ1v) is 12.0. The summed E-state index contributed by atoms with van der Waals surface area (Å²) < 4.78 is 6.43. The summed E-state index contributed by atoms with van der Waals surface area (Å²) in [6.45, 7) is 7.35. The number of benzene rings is 1. The van der Waals surface area contributed by atoms with E-state index in [1.165, 1.54) is 11.1 Å². The number of likely N-dealkylation sites (N-methyl/N-ethyl adjacent to an activating group) is 1. The van der Waals surface area contributed by atoms with Gasteiger partial charge in [0.2, 0.25) is 0 Å². The highest BCUT2D eigenvalue weighted by Gasteiger charge is 2.97. The van der Waals surface area contributed by atoms with Gasteiger partial charge in [-0.3, -0.25) is 0 Å². The number of aliphatic hydroxyl groups is 1. The summed E-state index contributed by atoms with van der Waals surface area (Å²) in [6.07, 6.45) is 7.09. The first-order chi connectivity index (χ1) is 14.2. The molecule has 1 heterocycles. The number of hydrogen-bond donors (Lipinski definition) is 2. The number of fused-ring (bicyclic) bond motifs is 2. The SMILES string of the molecule is CCC[C@@](C)(O)C12C[C@@]34CC[C@@]1(OC)C2[C@@]31CCN(C)[C@@H]4Cc2ccc(C)c(O)c21. The van der Waals surface area contributed by atoms with E-state index in [9.17, 15) is 10.2 Å². The Morgan fingerprint density at radius 3 is 2.73 bits per heavy atom. The highest BCUT2D eigenvalue weighted by atomic mass is 16.5. The number of likely N-dealkylation sites (tertiary alicyclic amines) is 1. The van der Waals surface area contributed by atoms with E-state index in [2.05, 4.69) is 37.9 Å². The van der Waals surface area contributed by atoms with Crippen LogP contribution in [0.15, 0.2) is 12.1 Å². The molecule has 2 N–H and O–H groups in total. The van der Waals surface area contributed by atoms with Crippen molar-refractivity contribution < 1.29 is 14.9 Å². The van der Waals surface area contributed by atoms with Crippen molar-refractivity contribution in [3.63, 3.8) is 0 Å². The first-order valence-electron chi connectivity index (χ1n) is 12.0. The lowest BCUT2D eigenvalue weighted by Crippen LogP contribution is -2.69. The van der Waals surface area contributed by atoms with Crippen LogP contribution in [0.2, 0.25) is 0 Å². The van der Waals surface area contributed by atoms with E-state index in [-0.39, 0.29) is 21.8 Å². The maximum Gasteiger partial charge on any atom is 0.122 e. The van der Waals surface area contributed by atoms with Crippen LogP contribution in [0, 0.1) is 23.7 Å². The van der Waals surface area contributed by atoms with Crippen LogP contribution < -0.4 is 0 Å². The van der Waals surface area contributed by atoms with E-state index in [1.807, 2.05) is 14.0 Å². The van der Waals surface area contributed by atoms with Crippen LogP contribution in [0.5, 0.6) is 5.75 Å². The summed E-state index contributed by atoms with van der Waals surface area (Å²) in [7, 11) is 4.17. The fraction of sp³-hybridized carbons (Fsp3) is 0.769. The molecule has 1 aromatic rings. The Hall–Kier alpha value is -1.10. The van der Waals surface area contributed by atoms with Gasteiger partial charge in [-0.15, -0.1) is 0 Å². The molecule has 7 rings (SSSR count). The van der Waals surface area contributed by atoms with Gasteiger partial charge in [-0.1, -0.05) is 25.5 Å². The molecule has 6 aliphatic rings. The molecule has 0 radical (unpaired) electrons. The first kappa shape index (κ1) is 19.6. The topological polar surface area (TPSA) is 52.9 Å². The number of phenols is 1. The molecule has 4 saturated carbocycles. The smallest absolute Gasteiger partial charge is 0.122 e. The minimum atomic E-state index is -0.743. The van der Waals surface area contributed by atoms with Gasteiger partial charge in [-0.05, 0) is 82.5 Å². The number of hydrogen-bond acceptors (Lipinski definition) is 4. The molecule has 0 aromatic heterocycles. The number of piperidine rings is 1. The van der Waals surface area contributed by atoms with Gasteiger partial charge in [0.05, 0.1) is 11.2 Å². The van der Waals surface area contributed by atoms with Crippen LogP contribution in [0.4, 0.5) is 0 Å². The molecule has 4 heteroatoms. The van der Waals surface area contributed by atoms with Crippen LogP contribution in [-0.2, 0) is 16.6 Å². The van der Waals surface area contributed by atoms with Crippen molar-refractivity contribution in [3.05, 3.63) is 28.8 Å². The second-order valence-corrected chi connectivity index (χ2v) is 11.5. The number of aromatic hydroxyl groups is 1. The maximum atomic E-state index is 12.0. The number of methoxy groups -OCH3 is 1. The third kappa shape index (κ3) is 1.64. The van der Waals surface area contributed by atoms with Gasteiger partial charge in [0, 0.05) is 35.5 Å². The zero-order valence-electron chi connectivity index (χ0n) is 19.2. The quantitative estimate of drug-likeness (QED) is 0.788. The number of aryl methyl sites for hydroxylation is 1. The molecule has 30 heavy (non-hydrogen) atoms. The highest BCUT2D eigenvalue weighted by molar-refractivity contribution is 5.62. The molecule has 2 unspecified atom stereocenters. The standard InChI is InChI=1S/C26H37NO3/c1-6-9-22(3,29)25-15-23-10-11-26(25,30-5)21(25)24(23)12-13-27(4)18(23)14-17-8-7-16(2)20(28)19(17)24/h7-8,18,21,28-29H,6,9-15H2,1-5H3/t18-,21?,22-,23-,24+,25?,26-/m1/s1. The summed E-state index contributed by atoms with van der Waals surface area (Å²) in [5.74, 6) is 0.811. The van der Waals surface area contributed by atoms with E-state index in [0.717, 1.165) is 57.1 Å². The Bertz CT molecular complexity index is 942. The van der Waals surface area contributed by atoms with Crippen molar-refractivity contribution >= 4 is 0 Å². The molecular formula is C26H37NO3. The van der Waals surface area contributed by atoms with Crippen molar-refractivity contribution in [2.24, 2.45) is 16.7 Å². The van der Waals surface area contributed by atoms with Gasteiger partial charge >= 0.3 is 0 Å². The highest BCUT2D eigenvalue weighted by Crippen LogP contribution is 2.94. The monoisotopic (exact) mass is 411 g/mol. The summed E-state index contributed by atoms with van der Waals surface area (Å²) in [5.41, 5.74) is 2.38. The Labute approximate surface area is 180 Å². The zero-order chi connectivity index (χ0) is 21.3. The van der Waals surface area contributed by atoms with Gasteiger partial charge in [0.1, 0.15) is 5.75 Å². The van der Waals surface area contributed by atoms with E-state index in [1.54, 1.807) is 0 Å². The number of phenolic OH excluding ortho intramolecular Hbond substituents is 1. The van der Waals surface area contributed by atoms with Crippen LogP contribution in [0.1, 0.15) is 69.1 Å². The van der Waals surface area contributed by atoms with E-state index in [0.29, 0.717) is 17.7 Å². The third-order valence-electron chi connectivity index (χ3n) is 11.0. The second-order valence-electron chi connectivity index (χ2n) is 11.5. The molecule has 4 nitrogen and oxygen atoms in total. The van der Waals surface area contributed by atoms with Gasteiger partial charge in [-0.2, -0.15) is 0 Å². The lowest BCUT2D eigenvalue weighted by molar-refractivity contribution is -0.167. The molecular weight excluding hydrogens is 374 g/mol. The van der Waals surface area contributed by atoms with Gasteiger partial charge < -0.3 is 19.8 Å². The maximum absolute atomic E-state index is 12.0. The Morgan fingerprint density at radius 1 is 1.27 bits per heavy atom. The molecule has 1 saturated heterocycles. The van der Waals surface area contributed by atoms with Gasteiger partial charge in [-0.25, -0.2) is 0 Å². The van der Waals surface area contributed by atoms with Gasteiger partial charge in [0.25, 0.3) is 0 Å². The fourth-order valence-corrected chi connectivity index (χ4v) is 10.1. The predicted molar refractivity (Wildman–Crippen MR) is 117 cm³/mol. The largest absolute Gasteiger partial charge is 0.507 e. The van der Waals surface area contributed by atoms with E-state index in [4.69, 9.17) is 4.74 Å². The van der Waals surface area contributed by atoms with E-state index >= 15 is 0 Å². The minimum Gasteiger partial charge on any atom is -0.507 e. The summed E-state index contributed by atoms with van der Waals surface area (Å²) >= 11 is 0. The number of rotatable bonds is 4. The number of nitrogens with zero attached hydrogens (tertiary/aromatic N) is 1. The molecule has 164 valence electrons. The average molecular weight is 412 g/mol. The molecule has 1 aliphatic heterocycles.